The van der Waals surface area contributed by atoms with E-state index in [-0.39, 0.29) is 29.8 Å². The van der Waals surface area contributed by atoms with E-state index in [2.05, 4.69) is 42.8 Å². The molecule has 2 unspecified atom stereocenters. The number of rotatable bonds is 8. The first-order chi connectivity index (χ1) is 22.8. The van der Waals surface area contributed by atoms with Crippen molar-refractivity contribution >= 4 is 40.5 Å². The van der Waals surface area contributed by atoms with Crippen molar-refractivity contribution in [1.29, 1.82) is 5.41 Å². The number of guanidine groups is 1. The van der Waals surface area contributed by atoms with Crippen molar-refractivity contribution < 1.29 is 50.9 Å². The van der Waals surface area contributed by atoms with Gasteiger partial charge in [-0.15, -0.1) is 0 Å². The van der Waals surface area contributed by atoms with Crippen LogP contribution < -0.4 is 21.7 Å². The molecule has 4 rings (SSSR count). The van der Waals surface area contributed by atoms with Crippen LogP contribution in [0.3, 0.4) is 0 Å². The van der Waals surface area contributed by atoms with Crippen LogP contribution in [-0.4, -0.2) is 125 Å². The molecule has 0 bridgehead atoms. The Labute approximate surface area is 277 Å². The number of aryl methyl sites for hydroxylation is 1. The van der Waals surface area contributed by atoms with E-state index in [0.29, 0.717) is 12.4 Å². The first-order valence-electron chi connectivity index (χ1n) is 15.2. The molecule has 49 heavy (non-hydrogen) atoms. The molecule has 1 saturated heterocycles. The fraction of sp³-hybridized carbons (Fsp3) is 0.586. The molecule has 0 radical (unpaired) electrons. The summed E-state index contributed by atoms with van der Waals surface area (Å²) >= 11 is 0. The maximum atomic E-state index is 13.0. The van der Waals surface area contributed by atoms with Gasteiger partial charge in [-0.2, -0.15) is 26.3 Å². The molecule has 2 atom stereocenters. The Bertz CT molecular complexity index is 1410. The number of nitrogens with two attached hydrogens (primary N) is 1. The molecular weight excluding hydrogens is 668 g/mol. The highest BCUT2D eigenvalue weighted by Gasteiger charge is 2.39. The Balaban J connectivity index is 0.000000500. The molecule has 1 aromatic heterocycles. The zero-order chi connectivity index (χ0) is 36.9. The number of hydrogen-bond donors (Lipinski definition) is 7. The first-order valence-corrected chi connectivity index (χ1v) is 15.2. The second kappa shape index (κ2) is 18.3. The Morgan fingerprint density at radius 2 is 1.51 bits per heavy atom. The van der Waals surface area contributed by atoms with E-state index in [1.54, 1.807) is 0 Å². The third kappa shape index (κ3) is 14.3. The summed E-state index contributed by atoms with van der Waals surface area (Å²) in [6, 6.07) is 6.09. The maximum Gasteiger partial charge on any atom is 0.490 e. The van der Waals surface area contributed by atoms with Crippen molar-refractivity contribution in [2.24, 2.45) is 5.73 Å². The van der Waals surface area contributed by atoms with Crippen molar-refractivity contribution in [3.63, 3.8) is 0 Å². The number of aromatic nitrogens is 2. The summed E-state index contributed by atoms with van der Waals surface area (Å²) in [5, 5.41) is 32.4. The van der Waals surface area contributed by atoms with Crippen LogP contribution in [0.4, 0.5) is 32.2 Å². The number of hydrogen-bond acceptors (Lipinski definition) is 9. The Morgan fingerprint density at radius 1 is 0.959 bits per heavy atom. The molecular formula is C29H41F6N9O5. The van der Waals surface area contributed by atoms with Crippen molar-refractivity contribution in [2.45, 2.75) is 63.5 Å². The molecule has 2 aliphatic rings. The predicted octanol–water partition coefficient (Wildman–Crippen LogP) is 2.78. The lowest BCUT2D eigenvalue weighted by Gasteiger charge is -2.33. The Kier molecular flexibility index (Phi) is 15.2. The normalized spacial score (nSPS) is 18.6. The van der Waals surface area contributed by atoms with Crippen LogP contribution in [0.2, 0.25) is 0 Å². The van der Waals surface area contributed by atoms with Gasteiger partial charge < -0.3 is 41.7 Å². The van der Waals surface area contributed by atoms with E-state index in [1.807, 2.05) is 25.1 Å². The topological polar surface area (TPSA) is 210 Å². The predicted molar refractivity (Wildman–Crippen MR) is 167 cm³/mol. The quantitative estimate of drug-likeness (QED) is 0.0914. The molecule has 0 spiro atoms. The molecule has 20 heteroatoms. The summed E-state index contributed by atoms with van der Waals surface area (Å²) in [5.41, 5.74) is 7.47. The van der Waals surface area contributed by atoms with Gasteiger partial charge >= 0.3 is 24.3 Å². The number of carboxylic acid groups (broad SMARTS) is 2. The summed E-state index contributed by atoms with van der Waals surface area (Å²) < 4.78 is 63.5. The smallest absolute Gasteiger partial charge is 0.475 e. The lowest BCUT2D eigenvalue weighted by atomic mass is 9.90. The number of amides is 1. The number of alkyl halides is 6. The van der Waals surface area contributed by atoms with E-state index in [9.17, 15) is 31.1 Å². The van der Waals surface area contributed by atoms with Gasteiger partial charge in [0.05, 0.1) is 5.52 Å². The van der Waals surface area contributed by atoms with Gasteiger partial charge in [0, 0.05) is 50.2 Å². The lowest BCUT2D eigenvalue weighted by Crippen LogP contribution is -2.50. The summed E-state index contributed by atoms with van der Waals surface area (Å²) in [6.45, 7) is 7.94. The average molecular weight is 710 g/mol. The number of piperazine rings is 1. The SMILES string of the molecule is Cc1ccc2nc(C(=O)NCCCN3CCN(C)CC3)nc(NC3CCCCC3NC(=N)N)c2c1.O=C(O)C(F)(F)F.O=C(O)C(F)(F)F. The molecule has 14 nitrogen and oxygen atoms in total. The van der Waals surface area contributed by atoms with Gasteiger partial charge in [-0.3, -0.25) is 10.2 Å². The highest BCUT2D eigenvalue weighted by molar-refractivity contribution is 5.96. The second-order valence-corrected chi connectivity index (χ2v) is 11.5. The highest BCUT2D eigenvalue weighted by Crippen LogP contribution is 2.27. The molecule has 8 N–H and O–H groups in total. The van der Waals surface area contributed by atoms with Gasteiger partial charge in [-0.05, 0) is 51.9 Å². The molecule has 1 aliphatic carbocycles. The monoisotopic (exact) mass is 709 g/mol. The zero-order valence-corrected chi connectivity index (χ0v) is 26.9. The number of anilines is 1. The van der Waals surface area contributed by atoms with Crippen molar-refractivity contribution in [3.8, 4) is 0 Å². The lowest BCUT2D eigenvalue weighted by molar-refractivity contribution is -0.193. The minimum atomic E-state index is -5.08. The van der Waals surface area contributed by atoms with Crippen molar-refractivity contribution in [2.75, 3.05) is 51.6 Å². The third-order valence-corrected chi connectivity index (χ3v) is 7.50. The fourth-order valence-corrected chi connectivity index (χ4v) is 4.96. The largest absolute Gasteiger partial charge is 0.490 e. The standard InChI is InChI=1S/C25H39N9O.2C2HF3O2/c1-17-8-9-19-18(16-17)22(30-20-6-3-4-7-21(20)31-25(26)27)32-23(29-19)24(35)28-10-5-11-34-14-12-33(2)13-15-34;2*3-2(4,5)1(6)7/h8-9,16,20-21H,3-7,10-15H2,1-2H3,(H,28,35)(H4,26,27,31)(H,29,30,32);2*(H,6,7). The van der Waals surface area contributed by atoms with Gasteiger partial charge in [-0.1, -0.05) is 24.5 Å². The summed E-state index contributed by atoms with van der Waals surface area (Å²) in [7, 11) is 2.15. The number of halogens is 6. The number of fused-ring (bicyclic) bond motifs is 1. The van der Waals surface area contributed by atoms with Crippen molar-refractivity contribution in [1.82, 2.24) is 30.4 Å². The summed E-state index contributed by atoms with van der Waals surface area (Å²) in [5.74, 6) is -4.96. The van der Waals surface area contributed by atoms with Gasteiger partial charge in [-0.25, -0.2) is 19.6 Å². The van der Waals surface area contributed by atoms with Gasteiger partial charge in [0.25, 0.3) is 5.91 Å². The number of benzene rings is 1. The van der Waals surface area contributed by atoms with E-state index in [4.69, 9.17) is 30.9 Å². The minimum absolute atomic E-state index is 0.0243. The van der Waals surface area contributed by atoms with Crippen LogP contribution in [0.5, 0.6) is 0 Å². The van der Waals surface area contributed by atoms with Crippen LogP contribution in [0.25, 0.3) is 10.9 Å². The first kappa shape index (κ1) is 40.7. The maximum absolute atomic E-state index is 13.0. The second-order valence-electron chi connectivity index (χ2n) is 11.5. The number of nitrogens with one attached hydrogen (secondary N) is 4. The fourth-order valence-electron chi connectivity index (χ4n) is 4.96. The van der Waals surface area contributed by atoms with E-state index < -0.39 is 24.3 Å². The molecule has 2 aromatic rings. The molecule has 274 valence electrons. The number of likely N-dealkylation sites (N-methyl/N-ethyl adjacent to an activating group) is 1. The molecule has 2 heterocycles. The van der Waals surface area contributed by atoms with Gasteiger partial charge in [0.2, 0.25) is 5.82 Å². The zero-order valence-electron chi connectivity index (χ0n) is 26.9. The Hall–Kier alpha value is -4.46. The number of aliphatic carboxylic acids is 2. The highest BCUT2D eigenvalue weighted by atomic mass is 19.4. The number of carbonyl (C=O) groups is 3. The Morgan fingerprint density at radius 3 is 2.04 bits per heavy atom. The number of nitrogens with zero attached hydrogens (tertiary/aromatic N) is 4. The minimum Gasteiger partial charge on any atom is -0.475 e. The van der Waals surface area contributed by atoms with Gasteiger partial charge in [0.15, 0.2) is 5.96 Å². The molecule has 1 aromatic carbocycles. The molecule has 1 aliphatic heterocycles. The summed E-state index contributed by atoms with van der Waals surface area (Å²) in [4.78, 5) is 44.8. The van der Waals surface area contributed by atoms with Crippen LogP contribution in [-0.2, 0) is 9.59 Å². The van der Waals surface area contributed by atoms with Crippen molar-refractivity contribution in [3.05, 3.63) is 29.6 Å². The van der Waals surface area contributed by atoms with E-state index in [0.717, 1.165) is 81.3 Å². The summed E-state index contributed by atoms with van der Waals surface area (Å²) in [6.07, 6.45) is -5.21. The molecule has 1 saturated carbocycles. The third-order valence-electron chi connectivity index (χ3n) is 7.50. The number of carboxylic acids is 2. The van der Waals surface area contributed by atoms with E-state index >= 15 is 0 Å². The average Bonchev–Trinajstić information content (AvgIpc) is 3.00. The molecule has 1 amide bonds. The van der Waals surface area contributed by atoms with Crippen LogP contribution >= 0.6 is 0 Å². The van der Waals surface area contributed by atoms with Crippen LogP contribution in [0.1, 0.15) is 48.3 Å². The molecule has 2 fully saturated rings. The van der Waals surface area contributed by atoms with Gasteiger partial charge in [0.1, 0.15) is 5.82 Å². The van der Waals surface area contributed by atoms with Crippen LogP contribution in [0.15, 0.2) is 18.2 Å². The van der Waals surface area contributed by atoms with E-state index in [1.165, 1.54) is 0 Å². The number of carbonyl (C=O) groups excluding carboxylic acids is 1. The van der Waals surface area contributed by atoms with Crippen LogP contribution in [0, 0.1) is 12.3 Å².